The predicted molar refractivity (Wildman–Crippen MR) is 104 cm³/mol. The highest BCUT2D eigenvalue weighted by molar-refractivity contribution is 7.22. The van der Waals surface area contributed by atoms with Gasteiger partial charge in [0.25, 0.3) is 0 Å². The van der Waals surface area contributed by atoms with E-state index >= 15 is 0 Å². The van der Waals surface area contributed by atoms with Crippen LogP contribution in [0.25, 0.3) is 41.3 Å². The van der Waals surface area contributed by atoms with Gasteiger partial charge in [-0.2, -0.15) is 0 Å². The van der Waals surface area contributed by atoms with Crippen molar-refractivity contribution in [1.82, 2.24) is 9.97 Å². The first-order chi connectivity index (χ1) is 11.9. The number of nitrogens with zero attached hydrogens (tertiary/aromatic N) is 2. The van der Waals surface area contributed by atoms with Crippen LogP contribution >= 0.6 is 22.7 Å². The fourth-order valence-corrected chi connectivity index (χ4v) is 4.85. The first kappa shape index (κ1) is 13.8. The van der Waals surface area contributed by atoms with Crippen LogP contribution in [0.15, 0.2) is 73.1 Å². The molecule has 0 atom stereocenters. The molecule has 0 radical (unpaired) electrons. The van der Waals surface area contributed by atoms with Crippen LogP contribution in [0.4, 0.5) is 0 Å². The number of fused-ring (bicyclic) bond motifs is 2. The zero-order valence-corrected chi connectivity index (χ0v) is 14.3. The molecule has 5 rings (SSSR count). The Balaban J connectivity index is 1.54. The molecule has 0 fully saturated rings. The SMILES string of the molecule is c1ccc2sc(-c3cnc(-c4cc5ccccc5s4)cn3)cc2c1. The summed E-state index contributed by atoms with van der Waals surface area (Å²) in [5.74, 6) is 0. The van der Waals surface area contributed by atoms with Gasteiger partial charge in [0.15, 0.2) is 0 Å². The van der Waals surface area contributed by atoms with Crippen molar-refractivity contribution >= 4 is 42.8 Å². The van der Waals surface area contributed by atoms with E-state index in [1.807, 2.05) is 12.4 Å². The molecule has 2 nitrogen and oxygen atoms in total. The van der Waals surface area contributed by atoms with Gasteiger partial charge in [-0.3, -0.25) is 9.97 Å². The van der Waals surface area contributed by atoms with Crippen molar-refractivity contribution in [3.8, 4) is 21.1 Å². The van der Waals surface area contributed by atoms with Crippen molar-refractivity contribution in [3.05, 3.63) is 73.1 Å². The van der Waals surface area contributed by atoms with Crippen LogP contribution < -0.4 is 0 Å². The highest BCUT2D eigenvalue weighted by Gasteiger charge is 2.09. The van der Waals surface area contributed by atoms with Crippen molar-refractivity contribution in [2.24, 2.45) is 0 Å². The van der Waals surface area contributed by atoms with Gasteiger partial charge < -0.3 is 0 Å². The summed E-state index contributed by atoms with van der Waals surface area (Å²) in [6.07, 6.45) is 3.76. The van der Waals surface area contributed by atoms with Crippen LogP contribution in [-0.2, 0) is 0 Å². The van der Waals surface area contributed by atoms with Crippen LogP contribution in [-0.4, -0.2) is 9.97 Å². The Morgan fingerprint density at radius 3 is 1.46 bits per heavy atom. The second-order valence-electron chi connectivity index (χ2n) is 5.58. The van der Waals surface area contributed by atoms with Gasteiger partial charge in [0.1, 0.15) is 0 Å². The van der Waals surface area contributed by atoms with E-state index in [1.54, 1.807) is 22.7 Å². The fourth-order valence-electron chi connectivity index (χ4n) is 2.80. The second-order valence-corrected chi connectivity index (χ2v) is 7.75. The summed E-state index contributed by atoms with van der Waals surface area (Å²) in [5, 5.41) is 2.51. The maximum atomic E-state index is 4.65. The standard InChI is InChI=1S/C20H12N2S2/c1-3-7-17-13(5-1)9-19(23-17)15-11-22-16(12-21-15)20-10-14-6-2-4-8-18(14)24-20/h1-12H. The van der Waals surface area contributed by atoms with Gasteiger partial charge >= 0.3 is 0 Å². The molecule has 2 aromatic carbocycles. The third-order valence-corrected chi connectivity index (χ3v) is 6.28. The first-order valence-electron chi connectivity index (χ1n) is 7.67. The van der Waals surface area contributed by atoms with E-state index in [1.165, 1.54) is 20.2 Å². The van der Waals surface area contributed by atoms with Gasteiger partial charge in [-0.05, 0) is 35.0 Å². The van der Waals surface area contributed by atoms with Gasteiger partial charge in [-0.25, -0.2) is 0 Å². The molecule has 0 saturated heterocycles. The third-order valence-electron chi connectivity index (χ3n) is 4.01. The monoisotopic (exact) mass is 344 g/mol. The normalized spacial score (nSPS) is 11.3. The maximum absolute atomic E-state index is 4.65. The summed E-state index contributed by atoms with van der Waals surface area (Å²) in [6.45, 7) is 0. The zero-order valence-electron chi connectivity index (χ0n) is 12.6. The maximum Gasteiger partial charge on any atom is 0.0985 e. The molecular formula is C20H12N2S2. The van der Waals surface area contributed by atoms with Crippen molar-refractivity contribution in [3.63, 3.8) is 0 Å². The Morgan fingerprint density at radius 2 is 1.04 bits per heavy atom. The van der Waals surface area contributed by atoms with E-state index in [0.717, 1.165) is 21.1 Å². The quantitative estimate of drug-likeness (QED) is 0.379. The fraction of sp³-hybridized carbons (Fsp3) is 0. The molecule has 0 amide bonds. The molecule has 5 aromatic rings. The molecular weight excluding hydrogens is 332 g/mol. The summed E-state index contributed by atoms with van der Waals surface area (Å²) < 4.78 is 2.56. The molecule has 114 valence electrons. The highest BCUT2D eigenvalue weighted by atomic mass is 32.1. The number of hydrogen-bond acceptors (Lipinski definition) is 4. The van der Waals surface area contributed by atoms with Crippen LogP contribution in [0.3, 0.4) is 0 Å². The van der Waals surface area contributed by atoms with Crippen LogP contribution in [0.1, 0.15) is 0 Å². The Bertz CT molecular complexity index is 994. The molecule has 0 unspecified atom stereocenters. The molecule has 0 N–H and O–H groups in total. The summed E-state index contributed by atoms with van der Waals surface area (Å²) in [5.41, 5.74) is 1.86. The van der Waals surface area contributed by atoms with Crippen LogP contribution in [0, 0.1) is 0 Å². The lowest BCUT2D eigenvalue weighted by Gasteiger charge is -1.98. The smallest absolute Gasteiger partial charge is 0.0985 e. The van der Waals surface area contributed by atoms with Crippen molar-refractivity contribution in [2.75, 3.05) is 0 Å². The molecule has 0 aliphatic rings. The van der Waals surface area contributed by atoms with Crippen LogP contribution in [0.2, 0.25) is 0 Å². The minimum absolute atomic E-state index is 0.932. The van der Waals surface area contributed by atoms with Crippen molar-refractivity contribution in [2.45, 2.75) is 0 Å². The molecule has 0 aliphatic heterocycles. The lowest BCUT2D eigenvalue weighted by Crippen LogP contribution is -1.85. The highest BCUT2D eigenvalue weighted by Crippen LogP contribution is 2.34. The van der Waals surface area contributed by atoms with E-state index < -0.39 is 0 Å². The number of hydrogen-bond donors (Lipinski definition) is 0. The molecule has 3 heterocycles. The molecule has 0 aliphatic carbocycles. The molecule has 0 bridgehead atoms. The first-order valence-corrected chi connectivity index (χ1v) is 9.30. The molecule has 4 heteroatoms. The van der Waals surface area contributed by atoms with Gasteiger partial charge in [0.2, 0.25) is 0 Å². The van der Waals surface area contributed by atoms with Crippen molar-refractivity contribution < 1.29 is 0 Å². The minimum Gasteiger partial charge on any atom is -0.251 e. The van der Waals surface area contributed by atoms with Crippen molar-refractivity contribution in [1.29, 1.82) is 0 Å². The summed E-state index contributed by atoms with van der Waals surface area (Å²) in [4.78, 5) is 11.6. The largest absolute Gasteiger partial charge is 0.251 e. The average molecular weight is 344 g/mol. The van der Waals surface area contributed by atoms with Gasteiger partial charge in [0.05, 0.1) is 33.5 Å². The lowest BCUT2D eigenvalue weighted by atomic mass is 10.2. The lowest BCUT2D eigenvalue weighted by molar-refractivity contribution is 1.22. The van der Waals surface area contributed by atoms with E-state index in [4.69, 9.17) is 0 Å². The number of benzene rings is 2. The molecule has 0 saturated carbocycles. The second kappa shape index (κ2) is 5.51. The summed E-state index contributed by atoms with van der Waals surface area (Å²) >= 11 is 3.51. The van der Waals surface area contributed by atoms with Gasteiger partial charge in [-0.1, -0.05) is 36.4 Å². The van der Waals surface area contributed by atoms with E-state index in [2.05, 4.69) is 70.6 Å². The topological polar surface area (TPSA) is 25.8 Å². The third kappa shape index (κ3) is 2.31. The van der Waals surface area contributed by atoms with Gasteiger partial charge in [0, 0.05) is 9.40 Å². The molecule has 3 aromatic heterocycles. The Hall–Kier alpha value is -2.56. The van der Waals surface area contributed by atoms with E-state index in [-0.39, 0.29) is 0 Å². The Kier molecular flexibility index (Phi) is 3.18. The predicted octanol–water partition coefficient (Wildman–Crippen LogP) is 6.24. The van der Waals surface area contributed by atoms with Crippen LogP contribution in [0.5, 0.6) is 0 Å². The average Bonchev–Trinajstić information content (AvgIpc) is 3.25. The number of thiophene rings is 2. The summed E-state index contributed by atoms with van der Waals surface area (Å²) in [6, 6.07) is 21.2. The zero-order chi connectivity index (χ0) is 15.9. The number of rotatable bonds is 2. The molecule has 0 spiro atoms. The van der Waals surface area contributed by atoms with Gasteiger partial charge in [-0.15, -0.1) is 22.7 Å². The molecule has 24 heavy (non-hydrogen) atoms. The van der Waals surface area contributed by atoms with E-state index in [0.29, 0.717) is 0 Å². The number of aromatic nitrogens is 2. The minimum atomic E-state index is 0.932. The summed E-state index contributed by atoms with van der Waals surface area (Å²) in [7, 11) is 0. The van der Waals surface area contributed by atoms with E-state index in [9.17, 15) is 0 Å². The Labute approximate surface area is 147 Å². The Morgan fingerprint density at radius 1 is 0.583 bits per heavy atom.